The SMILES string of the molecule is C=CCS(=O)(=O)Nc1ccc(N2CCCS2(=O)=O)cc1. The van der Waals surface area contributed by atoms with Crippen molar-refractivity contribution < 1.29 is 16.8 Å². The van der Waals surface area contributed by atoms with Crippen molar-refractivity contribution >= 4 is 31.4 Å². The maximum atomic E-state index is 11.8. The predicted octanol–water partition coefficient (Wildman–Crippen LogP) is 1.15. The van der Waals surface area contributed by atoms with Gasteiger partial charge in [0.1, 0.15) is 0 Å². The lowest BCUT2D eigenvalue weighted by Crippen LogP contribution is -2.25. The molecule has 1 saturated heterocycles. The highest BCUT2D eigenvalue weighted by atomic mass is 32.2. The lowest BCUT2D eigenvalue weighted by Gasteiger charge is -2.17. The third-order valence-corrected chi connectivity index (χ3v) is 5.96. The van der Waals surface area contributed by atoms with Gasteiger partial charge in [0.25, 0.3) is 0 Å². The largest absolute Gasteiger partial charge is 0.283 e. The molecule has 0 aliphatic carbocycles. The molecule has 20 heavy (non-hydrogen) atoms. The van der Waals surface area contributed by atoms with Gasteiger partial charge in [-0.15, -0.1) is 6.58 Å². The molecule has 0 atom stereocenters. The van der Waals surface area contributed by atoms with Crippen LogP contribution in [-0.2, 0) is 20.0 Å². The van der Waals surface area contributed by atoms with Gasteiger partial charge in [-0.3, -0.25) is 9.03 Å². The predicted molar refractivity (Wildman–Crippen MR) is 79.8 cm³/mol. The molecule has 0 spiro atoms. The Balaban J connectivity index is 2.17. The molecule has 1 aliphatic heterocycles. The van der Waals surface area contributed by atoms with E-state index in [1.807, 2.05) is 0 Å². The number of anilines is 2. The van der Waals surface area contributed by atoms with Crippen molar-refractivity contribution in [1.29, 1.82) is 0 Å². The molecule has 1 aromatic carbocycles. The first-order chi connectivity index (χ1) is 9.34. The summed E-state index contributed by atoms with van der Waals surface area (Å²) in [6.45, 7) is 3.84. The van der Waals surface area contributed by atoms with E-state index in [2.05, 4.69) is 11.3 Å². The summed E-state index contributed by atoms with van der Waals surface area (Å²) >= 11 is 0. The Bertz CT molecular complexity index is 693. The van der Waals surface area contributed by atoms with Gasteiger partial charge in [-0.1, -0.05) is 6.08 Å². The molecule has 6 nitrogen and oxygen atoms in total. The van der Waals surface area contributed by atoms with Crippen molar-refractivity contribution in [3.8, 4) is 0 Å². The highest BCUT2D eigenvalue weighted by Crippen LogP contribution is 2.25. The minimum atomic E-state index is -3.44. The third kappa shape index (κ3) is 3.31. The quantitative estimate of drug-likeness (QED) is 0.826. The zero-order chi connectivity index (χ0) is 14.8. The fourth-order valence-corrected chi connectivity index (χ4v) is 4.45. The number of nitrogens with zero attached hydrogens (tertiary/aromatic N) is 1. The summed E-state index contributed by atoms with van der Waals surface area (Å²) in [5.41, 5.74) is 0.946. The second-order valence-electron chi connectivity index (χ2n) is 4.46. The van der Waals surface area contributed by atoms with Crippen molar-refractivity contribution in [1.82, 2.24) is 0 Å². The van der Waals surface area contributed by atoms with Crippen molar-refractivity contribution in [2.24, 2.45) is 0 Å². The molecule has 0 radical (unpaired) electrons. The first-order valence-corrected chi connectivity index (χ1v) is 9.32. The van der Waals surface area contributed by atoms with Crippen LogP contribution in [0.5, 0.6) is 0 Å². The van der Waals surface area contributed by atoms with E-state index < -0.39 is 20.0 Å². The molecule has 1 aliphatic rings. The van der Waals surface area contributed by atoms with Gasteiger partial charge in [-0.2, -0.15) is 0 Å². The third-order valence-electron chi connectivity index (χ3n) is 2.87. The van der Waals surface area contributed by atoms with Crippen LogP contribution in [0, 0.1) is 0 Å². The van der Waals surface area contributed by atoms with E-state index >= 15 is 0 Å². The molecular formula is C12H16N2O4S2. The Morgan fingerprint density at radius 3 is 2.45 bits per heavy atom. The second kappa shape index (κ2) is 5.45. The second-order valence-corrected chi connectivity index (χ2v) is 8.24. The van der Waals surface area contributed by atoms with Gasteiger partial charge in [-0.05, 0) is 30.7 Å². The summed E-state index contributed by atoms with van der Waals surface area (Å²) in [4.78, 5) is 0. The lowest BCUT2D eigenvalue weighted by atomic mass is 10.3. The number of rotatable bonds is 5. The first-order valence-electron chi connectivity index (χ1n) is 6.06. The van der Waals surface area contributed by atoms with Crippen molar-refractivity contribution in [2.75, 3.05) is 27.1 Å². The van der Waals surface area contributed by atoms with Crippen LogP contribution in [0.25, 0.3) is 0 Å². The summed E-state index contributed by atoms with van der Waals surface area (Å²) < 4.78 is 50.4. The molecule has 1 heterocycles. The van der Waals surface area contributed by atoms with Gasteiger partial charge in [0.05, 0.1) is 17.2 Å². The van der Waals surface area contributed by atoms with E-state index in [9.17, 15) is 16.8 Å². The van der Waals surface area contributed by atoms with Crippen LogP contribution >= 0.6 is 0 Å². The molecule has 0 saturated carbocycles. The highest BCUT2D eigenvalue weighted by molar-refractivity contribution is 7.93. The minimum absolute atomic E-state index is 0.153. The van der Waals surface area contributed by atoms with Crippen molar-refractivity contribution in [3.63, 3.8) is 0 Å². The van der Waals surface area contributed by atoms with Crippen LogP contribution in [0.1, 0.15) is 6.42 Å². The summed E-state index contributed by atoms with van der Waals surface area (Å²) in [5, 5.41) is 0. The van der Waals surface area contributed by atoms with E-state index in [1.54, 1.807) is 24.3 Å². The van der Waals surface area contributed by atoms with Gasteiger partial charge in [-0.25, -0.2) is 16.8 Å². The number of hydrogen-bond donors (Lipinski definition) is 1. The normalized spacial score (nSPS) is 17.9. The number of hydrogen-bond acceptors (Lipinski definition) is 4. The molecule has 1 fully saturated rings. The maximum Gasteiger partial charge on any atom is 0.236 e. The summed E-state index contributed by atoms with van der Waals surface area (Å²) in [7, 11) is -6.65. The standard InChI is InChI=1S/C12H16N2O4S2/c1-2-9-19(15,16)13-11-4-6-12(7-5-11)14-8-3-10-20(14,17)18/h2,4-7,13H,1,3,8-10H2. The lowest BCUT2D eigenvalue weighted by molar-refractivity contribution is 0.599. The Morgan fingerprint density at radius 2 is 1.95 bits per heavy atom. The topological polar surface area (TPSA) is 83.6 Å². The molecular weight excluding hydrogens is 300 g/mol. The molecule has 1 aromatic rings. The molecule has 0 bridgehead atoms. The minimum Gasteiger partial charge on any atom is -0.283 e. The molecule has 1 N–H and O–H groups in total. The average molecular weight is 316 g/mol. The molecule has 8 heteroatoms. The van der Waals surface area contributed by atoms with Gasteiger partial charge in [0.15, 0.2) is 0 Å². The summed E-state index contributed by atoms with van der Waals surface area (Å²) in [5.74, 6) is -0.0179. The van der Waals surface area contributed by atoms with E-state index in [0.29, 0.717) is 24.3 Å². The molecule has 0 unspecified atom stereocenters. The molecule has 0 amide bonds. The number of sulfonamides is 2. The fraction of sp³-hybridized carbons (Fsp3) is 0.333. The van der Waals surface area contributed by atoms with Crippen LogP contribution in [0.2, 0.25) is 0 Å². The molecule has 0 aromatic heterocycles. The maximum absolute atomic E-state index is 11.8. The summed E-state index contributed by atoms with van der Waals surface area (Å²) in [6, 6.07) is 6.27. The Labute approximate surface area is 119 Å². The smallest absolute Gasteiger partial charge is 0.236 e. The Hall–Kier alpha value is -1.54. The van der Waals surface area contributed by atoms with Crippen LogP contribution in [-0.4, -0.2) is 34.9 Å². The first kappa shape index (κ1) is 14.9. The molecule has 2 rings (SSSR count). The Kier molecular flexibility index (Phi) is 4.05. The summed E-state index contributed by atoms with van der Waals surface area (Å²) in [6.07, 6.45) is 1.91. The zero-order valence-electron chi connectivity index (χ0n) is 10.8. The zero-order valence-corrected chi connectivity index (χ0v) is 12.5. The van der Waals surface area contributed by atoms with Gasteiger partial charge >= 0.3 is 0 Å². The number of benzene rings is 1. The van der Waals surface area contributed by atoms with E-state index in [0.717, 1.165) is 0 Å². The van der Waals surface area contributed by atoms with E-state index in [4.69, 9.17) is 0 Å². The van der Waals surface area contributed by atoms with Gasteiger partial charge in [0.2, 0.25) is 20.0 Å². The van der Waals surface area contributed by atoms with Gasteiger partial charge < -0.3 is 0 Å². The van der Waals surface area contributed by atoms with Crippen LogP contribution in [0.15, 0.2) is 36.9 Å². The average Bonchev–Trinajstić information content (AvgIpc) is 2.69. The van der Waals surface area contributed by atoms with E-state index in [1.165, 1.54) is 10.4 Å². The number of nitrogens with one attached hydrogen (secondary N) is 1. The molecule has 110 valence electrons. The monoisotopic (exact) mass is 316 g/mol. The van der Waals surface area contributed by atoms with Crippen LogP contribution in [0.4, 0.5) is 11.4 Å². The van der Waals surface area contributed by atoms with Gasteiger partial charge in [0, 0.05) is 12.2 Å². The Morgan fingerprint density at radius 1 is 1.30 bits per heavy atom. The van der Waals surface area contributed by atoms with E-state index in [-0.39, 0.29) is 11.5 Å². The highest BCUT2D eigenvalue weighted by Gasteiger charge is 2.28. The van der Waals surface area contributed by atoms with Crippen molar-refractivity contribution in [3.05, 3.63) is 36.9 Å². The van der Waals surface area contributed by atoms with Crippen LogP contribution < -0.4 is 9.03 Å². The van der Waals surface area contributed by atoms with Crippen LogP contribution in [0.3, 0.4) is 0 Å². The fourth-order valence-electron chi connectivity index (χ4n) is 2.00. The van der Waals surface area contributed by atoms with Crippen molar-refractivity contribution in [2.45, 2.75) is 6.42 Å².